The number of ketones is 1. The molecule has 0 saturated carbocycles. The molecular formula is C19H18FNO3S. The zero-order valence-electron chi connectivity index (χ0n) is 13.8. The van der Waals surface area contributed by atoms with Crippen molar-refractivity contribution >= 4 is 23.5 Å². The number of nitrogens with one attached hydrogen (secondary N) is 1. The van der Waals surface area contributed by atoms with Crippen molar-refractivity contribution in [2.45, 2.75) is 24.3 Å². The Morgan fingerprint density at radius 1 is 1.24 bits per heavy atom. The van der Waals surface area contributed by atoms with Gasteiger partial charge in [-0.2, -0.15) is 0 Å². The minimum atomic E-state index is -0.261. The molecule has 25 heavy (non-hydrogen) atoms. The maximum atomic E-state index is 13.9. The van der Waals surface area contributed by atoms with E-state index in [1.807, 2.05) is 6.07 Å². The molecule has 2 aromatic rings. The fourth-order valence-corrected chi connectivity index (χ4v) is 3.85. The molecule has 0 aliphatic carbocycles. The van der Waals surface area contributed by atoms with Gasteiger partial charge in [-0.1, -0.05) is 12.1 Å². The Hall–Kier alpha value is -2.34. The predicted octanol–water partition coefficient (Wildman–Crippen LogP) is 3.76. The zero-order valence-corrected chi connectivity index (χ0v) is 14.6. The van der Waals surface area contributed by atoms with E-state index < -0.39 is 0 Å². The molecule has 0 fully saturated rings. The molecule has 3 rings (SSSR count). The molecule has 0 radical (unpaired) electrons. The molecule has 1 heterocycles. The summed E-state index contributed by atoms with van der Waals surface area (Å²) in [5.74, 6) is 0.744. The van der Waals surface area contributed by atoms with Gasteiger partial charge in [-0.3, -0.25) is 9.59 Å². The van der Waals surface area contributed by atoms with Gasteiger partial charge in [0.15, 0.2) is 12.4 Å². The number of ether oxygens (including phenoxy) is 1. The average molecular weight is 359 g/mol. The van der Waals surface area contributed by atoms with Crippen molar-refractivity contribution in [1.29, 1.82) is 0 Å². The normalized spacial score (nSPS) is 16.0. The number of Topliss-reactive ketones (excluding diaryl/α,β-unsaturated/α-hetero) is 1. The molecule has 2 aromatic carbocycles. The fraction of sp³-hybridized carbons (Fsp3) is 0.263. The summed E-state index contributed by atoms with van der Waals surface area (Å²) >= 11 is 1.47. The van der Waals surface area contributed by atoms with Crippen LogP contribution in [0.4, 0.5) is 4.39 Å². The number of carbonyl (C=O) groups is 2. The third-order valence-corrected chi connectivity index (χ3v) is 5.15. The number of rotatable bonds is 5. The lowest BCUT2D eigenvalue weighted by atomic mass is 10.0. The Kier molecular flexibility index (Phi) is 5.38. The van der Waals surface area contributed by atoms with E-state index in [4.69, 9.17) is 4.74 Å². The summed E-state index contributed by atoms with van der Waals surface area (Å²) in [4.78, 5) is 24.0. The number of carbonyl (C=O) groups excluding carboxylic acids is 2. The van der Waals surface area contributed by atoms with E-state index in [2.05, 4.69) is 5.32 Å². The van der Waals surface area contributed by atoms with Crippen LogP contribution in [0.3, 0.4) is 0 Å². The van der Waals surface area contributed by atoms with E-state index in [0.29, 0.717) is 16.2 Å². The van der Waals surface area contributed by atoms with Crippen LogP contribution in [-0.2, 0) is 4.79 Å². The van der Waals surface area contributed by atoms with Crippen LogP contribution < -0.4 is 10.1 Å². The van der Waals surface area contributed by atoms with Gasteiger partial charge in [-0.25, -0.2) is 4.39 Å². The average Bonchev–Trinajstić information content (AvgIpc) is 2.61. The topological polar surface area (TPSA) is 55.4 Å². The van der Waals surface area contributed by atoms with Gasteiger partial charge in [0.2, 0.25) is 0 Å². The molecule has 0 saturated heterocycles. The van der Waals surface area contributed by atoms with Gasteiger partial charge >= 0.3 is 0 Å². The molecule has 0 bridgehead atoms. The van der Waals surface area contributed by atoms with Crippen LogP contribution >= 0.6 is 11.8 Å². The highest BCUT2D eigenvalue weighted by atomic mass is 32.2. The van der Waals surface area contributed by atoms with Crippen LogP contribution in [0.5, 0.6) is 5.75 Å². The first-order valence-electron chi connectivity index (χ1n) is 7.99. The van der Waals surface area contributed by atoms with Gasteiger partial charge < -0.3 is 10.1 Å². The predicted molar refractivity (Wildman–Crippen MR) is 94.6 cm³/mol. The monoisotopic (exact) mass is 359 g/mol. The minimum Gasteiger partial charge on any atom is -0.484 e. The number of thioether (sulfide) groups is 1. The van der Waals surface area contributed by atoms with Gasteiger partial charge in [0, 0.05) is 16.2 Å². The number of benzene rings is 2. The lowest BCUT2D eigenvalue weighted by molar-refractivity contribution is -0.123. The van der Waals surface area contributed by atoms with E-state index in [0.717, 1.165) is 17.7 Å². The second-order valence-electron chi connectivity index (χ2n) is 5.78. The first-order chi connectivity index (χ1) is 12.0. The van der Waals surface area contributed by atoms with E-state index in [-0.39, 0.29) is 30.2 Å². The Labute approximate surface area is 149 Å². The second-order valence-corrected chi connectivity index (χ2v) is 6.89. The molecule has 1 N–H and O–H groups in total. The second kappa shape index (κ2) is 7.70. The van der Waals surface area contributed by atoms with E-state index in [1.54, 1.807) is 30.3 Å². The molecule has 1 amide bonds. The van der Waals surface area contributed by atoms with Crippen molar-refractivity contribution in [2.24, 2.45) is 0 Å². The summed E-state index contributed by atoms with van der Waals surface area (Å²) in [5.41, 5.74) is 1.41. The van der Waals surface area contributed by atoms with Crippen LogP contribution in [0.25, 0.3) is 0 Å². The Morgan fingerprint density at radius 2 is 2.00 bits per heavy atom. The number of hydrogen-bond acceptors (Lipinski definition) is 4. The van der Waals surface area contributed by atoms with Crippen molar-refractivity contribution in [3.8, 4) is 5.75 Å². The highest BCUT2D eigenvalue weighted by Crippen LogP contribution is 2.37. The maximum Gasteiger partial charge on any atom is 0.258 e. The minimum absolute atomic E-state index is 0.0228. The van der Waals surface area contributed by atoms with Crippen molar-refractivity contribution < 1.29 is 18.7 Å². The van der Waals surface area contributed by atoms with Crippen molar-refractivity contribution in [3.63, 3.8) is 0 Å². The molecule has 1 aliphatic rings. The zero-order chi connectivity index (χ0) is 17.8. The Bertz CT molecular complexity index is 792. The quantitative estimate of drug-likeness (QED) is 0.826. The van der Waals surface area contributed by atoms with Crippen molar-refractivity contribution in [3.05, 3.63) is 59.4 Å². The van der Waals surface area contributed by atoms with Gasteiger partial charge in [-0.05, 0) is 49.2 Å². The van der Waals surface area contributed by atoms with Gasteiger partial charge in [-0.15, -0.1) is 11.8 Å². The fourth-order valence-electron chi connectivity index (χ4n) is 2.71. The third-order valence-electron chi connectivity index (χ3n) is 3.99. The highest BCUT2D eigenvalue weighted by Gasteiger charge is 2.24. The molecule has 130 valence electrons. The summed E-state index contributed by atoms with van der Waals surface area (Å²) < 4.78 is 19.3. The van der Waals surface area contributed by atoms with Crippen LogP contribution in [0.1, 0.15) is 35.3 Å². The van der Waals surface area contributed by atoms with Crippen LogP contribution in [0, 0.1) is 5.82 Å². The number of fused-ring (bicyclic) bond motifs is 1. The van der Waals surface area contributed by atoms with Gasteiger partial charge in [0.05, 0.1) is 6.04 Å². The molecular weight excluding hydrogens is 341 g/mol. The largest absolute Gasteiger partial charge is 0.484 e. The summed E-state index contributed by atoms with van der Waals surface area (Å²) in [5, 5.41) is 2.90. The molecule has 1 aliphatic heterocycles. The van der Waals surface area contributed by atoms with Crippen molar-refractivity contribution in [2.75, 3.05) is 12.4 Å². The third kappa shape index (κ3) is 4.20. The first-order valence-corrected chi connectivity index (χ1v) is 8.97. The highest BCUT2D eigenvalue weighted by molar-refractivity contribution is 7.99. The number of amides is 1. The lowest BCUT2D eigenvalue weighted by Gasteiger charge is -2.26. The molecule has 0 spiro atoms. The van der Waals surface area contributed by atoms with Crippen LogP contribution in [-0.4, -0.2) is 24.1 Å². The summed E-state index contributed by atoms with van der Waals surface area (Å²) in [7, 11) is 0. The maximum absolute atomic E-state index is 13.9. The molecule has 1 unspecified atom stereocenters. The molecule has 4 nitrogen and oxygen atoms in total. The van der Waals surface area contributed by atoms with Gasteiger partial charge in [0.1, 0.15) is 11.6 Å². The van der Waals surface area contributed by atoms with E-state index in [9.17, 15) is 14.0 Å². The van der Waals surface area contributed by atoms with Gasteiger partial charge in [0.25, 0.3) is 5.91 Å². The van der Waals surface area contributed by atoms with Crippen LogP contribution in [0.2, 0.25) is 0 Å². The SMILES string of the molecule is CC(=O)c1ccc(OCC(=O)NC2CCSc3c(F)cccc32)cc1. The van der Waals surface area contributed by atoms with Crippen molar-refractivity contribution in [1.82, 2.24) is 5.32 Å². The standard InChI is InChI=1S/C19H18FNO3S/c1-12(22)13-5-7-14(8-6-13)24-11-18(23)21-17-9-10-25-19-15(17)3-2-4-16(19)20/h2-8,17H,9-11H2,1H3,(H,21,23). The number of halogens is 1. The van der Waals surface area contributed by atoms with E-state index >= 15 is 0 Å². The summed E-state index contributed by atoms with van der Waals surface area (Å²) in [6.45, 7) is 1.36. The van der Waals surface area contributed by atoms with E-state index in [1.165, 1.54) is 24.8 Å². The molecule has 1 atom stereocenters. The summed E-state index contributed by atoms with van der Waals surface area (Å²) in [6, 6.07) is 11.4. The smallest absolute Gasteiger partial charge is 0.258 e. The summed E-state index contributed by atoms with van der Waals surface area (Å²) in [6.07, 6.45) is 0.750. The first kappa shape index (κ1) is 17.5. The molecule has 0 aromatic heterocycles. The van der Waals surface area contributed by atoms with Crippen LogP contribution in [0.15, 0.2) is 47.4 Å². The molecule has 6 heteroatoms. The lowest BCUT2D eigenvalue weighted by Crippen LogP contribution is -2.34. The number of hydrogen-bond donors (Lipinski definition) is 1. The Morgan fingerprint density at radius 3 is 2.72 bits per heavy atom. The Balaban J connectivity index is 1.59.